The molecule has 1 amide bonds. The first-order valence-corrected chi connectivity index (χ1v) is 9.29. The lowest BCUT2D eigenvalue weighted by atomic mass is 10.1. The lowest BCUT2D eigenvalue weighted by Crippen LogP contribution is -2.27. The zero-order valence-electron chi connectivity index (χ0n) is 12.0. The Labute approximate surface area is 132 Å². The monoisotopic (exact) mass is 347 g/mol. The number of thiazole rings is 1. The number of anilines is 1. The van der Waals surface area contributed by atoms with Crippen LogP contribution < -0.4 is 10.0 Å². The lowest BCUT2D eigenvalue weighted by molar-refractivity contribution is -0.142. The smallest absolute Gasteiger partial charge is 0.311 e. The van der Waals surface area contributed by atoms with Crippen molar-refractivity contribution < 1.29 is 22.7 Å². The molecular weight excluding hydrogens is 330 g/mol. The van der Waals surface area contributed by atoms with Crippen LogP contribution in [-0.2, 0) is 30.8 Å². The number of hydrogen-bond donors (Lipinski definition) is 1. The second-order valence-corrected chi connectivity index (χ2v) is 7.50. The van der Waals surface area contributed by atoms with Crippen molar-refractivity contribution in [1.29, 1.82) is 0 Å². The molecular formula is C12H17N3O5S2. The molecule has 1 aromatic rings. The van der Waals surface area contributed by atoms with Crippen molar-refractivity contribution >= 4 is 38.4 Å². The van der Waals surface area contributed by atoms with Gasteiger partial charge in [0.15, 0.2) is 5.13 Å². The fourth-order valence-electron chi connectivity index (χ4n) is 2.27. The van der Waals surface area contributed by atoms with E-state index in [1.165, 1.54) is 16.2 Å². The van der Waals surface area contributed by atoms with E-state index in [1.54, 1.807) is 12.3 Å². The van der Waals surface area contributed by atoms with Crippen LogP contribution >= 0.6 is 11.3 Å². The minimum absolute atomic E-state index is 0.0486. The predicted molar refractivity (Wildman–Crippen MR) is 80.9 cm³/mol. The molecule has 1 unspecified atom stereocenters. The number of hydrogen-bond acceptors (Lipinski definition) is 7. The summed E-state index contributed by atoms with van der Waals surface area (Å²) >= 11 is 1.24. The molecule has 1 aliphatic rings. The minimum atomic E-state index is -3.61. The first kappa shape index (κ1) is 16.8. The van der Waals surface area contributed by atoms with Gasteiger partial charge in [0.05, 0.1) is 24.5 Å². The maximum Gasteiger partial charge on any atom is 0.311 e. The van der Waals surface area contributed by atoms with E-state index in [-0.39, 0.29) is 42.9 Å². The third-order valence-corrected chi connectivity index (χ3v) is 4.92. The maximum absolute atomic E-state index is 12.0. The maximum atomic E-state index is 12.0. The van der Waals surface area contributed by atoms with E-state index in [0.717, 1.165) is 0 Å². The van der Waals surface area contributed by atoms with Crippen LogP contribution in [0.4, 0.5) is 5.13 Å². The zero-order valence-corrected chi connectivity index (χ0v) is 13.7. The number of ether oxygens (including phenoxy) is 1. The van der Waals surface area contributed by atoms with Crippen molar-refractivity contribution in [3.8, 4) is 0 Å². The Morgan fingerprint density at radius 3 is 2.95 bits per heavy atom. The molecule has 1 atom stereocenters. The highest BCUT2D eigenvalue weighted by molar-refractivity contribution is 7.89. The fraction of sp³-hybridized carbons (Fsp3) is 0.583. The number of rotatable bonds is 6. The molecule has 1 aliphatic heterocycles. The number of amides is 1. The summed E-state index contributed by atoms with van der Waals surface area (Å²) in [6.07, 6.45) is 0.177. The van der Waals surface area contributed by atoms with Crippen LogP contribution in [0.3, 0.4) is 0 Å². The number of esters is 1. The molecule has 1 fully saturated rings. The molecule has 122 valence electrons. The first-order chi connectivity index (χ1) is 10.3. The van der Waals surface area contributed by atoms with Crippen LogP contribution in [0.25, 0.3) is 0 Å². The molecule has 1 saturated heterocycles. The Hall–Kier alpha value is -1.52. The van der Waals surface area contributed by atoms with Crippen LogP contribution in [0.5, 0.6) is 0 Å². The molecule has 0 spiro atoms. The van der Waals surface area contributed by atoms with Gasteiger partial charge in [-0.3, -0.25) is 14.5 Å². The van der Waals surface area contributed by atoms with E-state index in [1.807, 2.05) is 0 Å². The molecule has 10 heteroatoms. The summed E-state index contributed by atoms with van der Waals surface area (Å²) in [4.78, 5) is 29.0. The topological polar surface area (TPSA) is 120 Å². The molecule has 8 nitrogen and oxygen atoms in total. The van der Waals surface area contributed by atoms with E-state index in [4.69, 9.17) is 9.88 Å². The van der Waals surface area contributed by atoms with Gasteiger partial charge in [0.1, 0.15) is 0 Å². The molecule has 0 aliphatic carbocycles. The third kappa shape index (κ3) is 4.49. The third-order valence-electron chi connectivity index (χ3n) is 3.07. The molecule has 2 N–H and O–H groups in total. The van der Waals surface area contributed by atoms with Gasteiger partial charge in [0.2, 0.25) is 15.9 Å². The van der Waals surface area contributed by atoms with Crippen LogP contribution in [0, 0.1) is 5.92 Å². The summed E-state index contributed by atoms with van der Waals surface area (Å²) in [5.74, 6) is -1.12. The van der Waals surface area contributed by atoms with Gasteiger partial charge >= 0.3 is 5.97 Å². The van der Waals surface area contributed by atoms with Gasteiger partial charge in [-0.15, -0.1) is 11.3 Å². The molecule has 0 radical (unpaired) electrons. The Bertz CT molecular complexity index is 670. The van der Waals surface area contributed by atoms with Gasteiger partial charge in [-0.2, -0.15) is 0 Å². The first-order valence-electron chi connectivity index (χ1n) is 6.69. The summed E-state index contributed by atoms with van der Waals surface area (Å²) in [5.41, 5.74) is 0.529. The van der Waals surface area contributed by atoms with Crippen molar-refractivity contribution in [2.45, 2.75) is 19.8 Å². The Balaban J connectivity index is 2.02. The molecule has 0 bridgehead atoms. The second-order valence-electron chi connectivity index (χ2n) is 5.01. The van der Waals surface area contributed by atoms with Crippen LogP contribution in [0.2, 0.25) is 0 Å². The Morgan fingerprint density at radius 1 is 1.59 bits per heavy atom. The van der Waals surface area contributed by atoms with Crippen molar-refractivity contribution in [2.24, 2.45) is 11.1 Å². The highest BCUT2D eigenvalue weighted by Crippen LogP contribution is 2.28. The normalized spacial score (nSPS) is 18.7. The average molecular weight is 347 g/mol. The van der Waals surface area contributed by atoms with E-state index in [0.29, 0.717) is 17.4 Å². The van der Waals surface area contributed by atoms with E-state index >= 15 is 0 Å². The summed E-state index contributed by atoms with van der Waals surface area (Å²) in [6.45, 7) is 2.29. The summed E-state index contributed by atoms with van der Waals surface area (Å²) < 4.78 is 27.1. The van der Waals surface area contributed by atoms with Crippen molar-refractivity contribution in [3.63, 3.8) is 0 Å². The predicted octanol–water partition coefficient (Wildman–Crippen LogP) is -0.110. The number of aromatic nitrogens is 1. The average Bonchev–Trinajstić information content (AvgIpc) is 2.94. The summed E-state index contributed by atoms with van der Waals surface area (Å²) in [7, 11) is -3.61. The fourth-order valence-corrected chi connectivity index (χ4v) is 4.00. The number of nitrogens with two attached hydrogens (primary N) is 1. The molecule has 2 heterocycles. The number of sulfonamides is 1. The summed E-state index contributed by atoms with van der Waals surface area (Å²) in [6, 6.07) is 0. The molecule has 0 aromatic carbocycles. The number of carbonyl (C=O) groups excluding carboxylic acids is 2. The van der Waals surface area contributed by atoms with Crippen LogP contribution in [0.15, 0.2) is 5.38 Å². The van der Waals surface area contributed by atoms with Crippen molar-refractivity contribution in [2.75, 3.05) is 23.8 Å². The molecule has 2 rings (SSSR count). The zero-order chi connectivity index (χ0) is 16.3. The highest BCUT2D eigenvalue weighted by atomic mass is 32.2. The number of primary sulfonamides is 1. The van der Waals surface area contributed by atoms with E-state index in [9.17, 15) is 18.0 Å². The van der Waals surface area contributed by atoms with Crippen molar-refractivity contribution in [3.05, 3.63) is 11.1 Å². The van der Waals surface area contributed by atoms with Gasteiger partial charge < -0.3 is 4.74 Å². The standard InChI is InChI=1S/C12H17N3O5S2/c1-2-20-11(17)4-9-6-21-12(14-9)15-5-8(3-10(15)16)7-22(13,18)19/h6,8H,2-5,7H2,1H3,(H2,13,18,19). The van der Waals surface area contributed by atoms with Gasteiger partial charge in [-0.05, 0) is 6.92 Å². The second kappa shape index (κ2) is 6.71. The van der Waals surface area contributed by atoms with E-state index < -0.39 is 10.0 Å². The molecule has 0 saturated carbocycles. The Kier molecular flexibility index (Phi) is 5.14. The van der Waals surface area contributed by atoms with Gasteiger partial charge in [-0.1, -0.05) is 0 Å². The molecule has 1 aromatic heterocycles. The molecule has 22 heavy (non-hydrogen) atoms. The Morgan fingerprint density at radius 2 is 2.32 bits per heavy atom. The largest absolute Gasteiger partial charge is 0.466 e. The van der Waals surface area contributed by atoms with Gasteiger partial charge in [0.25, 0.3) is 0 Å². The lowest BCUT2D eigenvalue weighted by Gasteiger charge is -2.12. The van der Waals surface area contributed by atoms with Gasteiger partial charge in [-0.25, -0.2) is 18.5 Å². The van der Waals surface area contributed by atoms with Crippen molar-refractivity contribution in [1.82, 2.24) is 4.98 Å². The number of nitrogens with zero attached hydrogens (tertiary/aromatic N) is 2. The minimum Gasteiger partial charge on any atom is -0.466 e. The quantitative estimate of drug-likeness (QED) is 0.717. The van der Waals surface area contributed by atoms with Crippen LogP contribution in [0.1, 0.15) is 19.0 Å². The van der Waals surface area contributed by atoms with Gasteiger partial charge in [0, 0.05) is 24.3 Å². The highest BCUT2D eigenvalue weighted by Gasteiger charge is 2.34. The van der Waals surface area contributed by atoms with E-state index in [2.05, 4.69) is 4.98 Å². The van der Waals surface area contributed by atoms with Crippen LogP contribution in [-0.4, -0.2) is 44.2 Å². The SMILES string of the molecule is CCOC(=O)Cc1csc(N2CC(CS(N)(=O)=O)CC2=O)n1. The summed E-state index contributed by atoms with van der Waals surface area (Å²) in [5, 5.41) is 7.16. The number of carbonyl (C=O) groups is 2.